The van der Waals surface area contributed by atoms with Crippen molar-refractivity contribution in [1.29, 1.82) is 0 Å². The Kier molecular flexibility index (Phi) is 5.98. The van der Waals surface area contributed by atoms with E-state index < -0.39 is 0 Å². The molecule has 1 aliphatic heterocycles. The topological polar surface area (TPSA) is 60.2 Å². The normalized spacial score (nSPS) is 16.3. The van der Waals surface area contributed by atoms with Crippen molar-refractivity contribution < 1.29 is 9.53 Å². The van der Waals surface area contributed by atoms with Crippen molar-refractivity contribution >= 4 is 23.4 Å². The number of benzene rings is 1. The van der Waals surface area contributed by atoms with Crippen molar-refractivity contribution in [2.24, 2.45) is 0 Å². The van der Waals surface area contributed by atoms with Gasteiger partial charge < -0.3 is 14.2 Å². The fourth-order valence-corrected chi connectivity index (χ4v) is 4.20. The van der Waals surface area contributed by atoms with Gasteiger partial charge >= 0.3 is 0 Å². The van der Waals surface area contributed by atoms with Crippen molar-refractivity contribution in [3.8, 4) is 0 Å². The second-order valence-corrected chi connectivity index (χ2v) is 7.82. The van der Waals surface area contributed by atoms with Gasteiger partial charge in [-0.3, -0.25) is 4.79 Å². The van der Waals surface area contributed by atoms with Crippen molar-refractivity contribution in [2.45, 2.75) is 50.9 Å². The number of rotatable bonds is 7. The van der Waals surface area contributed by atoms with Gasteiger partial charge in [0.1, 0.15) is 5.82 Å². The Hall–Kier alpha value is -1.86. The molecule has 7 heteroatoms. The van der Waals surface area contributed by atoms with Crippen molar-refractivity contribution in [3.63, 3.8) is 0 Å². The first kappa shape index (κ1) is 18.9. The number of hydrogen-bond donors (Lipinski definition) is 0. The van der Waals surface area contributed by atoms with E-state index in [-0.39, 0.29) is 17.9 Å². The first-order chi connectivity index (χ1) is 12.5. The Balaban J connectivity index is 1.72. The van der Waals surface area contributed by atoms with Crippen LogP contribution in [0.2, 0.25) is 0 Å². The number of fused-ring (bicyclic) bond motifs is 1. The number of thioether (sulfide) groups is 1. The van der Waals surface area contributed by atoms with Crippen LogP contribution in [-0.4, -0.2) is 46.2 Å². The number of aromatic nitrogens is 3. The van der Waals surface area contributed by atoms with Crippen molar-refractivity contribution in [3.05, 3.63) is 35.7 Å². The van der Waals surface area contributed by atoms with E-state index in [1.165, 1.54) is 17.3 Å². The summed E-state index contributed by atoms with van der Waals surface area (Å²) in [5.41, 5.74) is 2.28. The van der Waals surface area contributed by atoms with Crippen LogP contribution >= 0.6 is 11.8 Å². The van der Waals surface area contributed by atoms with E-state index in [0.29, 0.717) is 18.9 Å². The van der Waals surface area contributed by atoms with Gasteiger partial charge in [0.2, 0.25) is 5.91 Å². The molecule has 2 aromatic rings. The van der Waals surface area contributed by atoms with Gasteiger partial charge in [0, 0.05) is 31.3 Å². The molecule has 1 aliphatic rings. The van der Waals surface area contributed by atoms with Crippen LogP contribution in [0, 0.1) is 0 Å². The number of anilines is 1. The highest BCUT2D eigenvalue weighted by molar-refractivity contribution is 7.99. The summed E-state index contributed by atoms with van der Waals surface area (Å²) >= 11 is 1.45. The molecular weight excluding hydrogens is 348 g/mol. The van der Waals surface area contributed by atoms with Crippen LogP contribution in [0.1, 0.15) is 38.1 Å². The highest BCUT2D eigenvalue weighted by Crippen LogP contribution is 2.33. The SMILES string of the molecule is COCCn1c(SCC(=O)N2c3ccccc3C[C@@H]2C)nnc1C(C)C. The second kappa shape index (κ2) is 8.22. The summed E-state index contributed by atoms with van der Waals surface area (Å²) in [4.78, 5) is 14.8. The number of para-hydroxylation sites is 1. The first-order valence-electron chi connectivity index (χ1n) is 8.97. The zero-order valence-corrected chi connectivity index (χ0v) is 16.6. The fourth-order valence-electron chi connectivity index (χ4n) is 3.37. The molecule has 6 nitrogen and oxygen atoms in total. The van der Waals surface area contributed by atoms with E-state index in [9.17, 15) is 4.79 Å². The van der Waals surface area contributed by atoms with Crippen LogP contribution in [0.15, 0.2) is 29.4 Å². The summed E-state index contributed by atoms with van der Waals surface area (Å²) in [7, 11) is 1.68. The van der Waals surface area contributed by atoms with E-state index in [4.69, 9.17) is 4.74 Å². The molecule has 0 bridgehead atoms. The minimum Gasteiger partial charge on any atom is -0.383 e. The van der Waals surface area contributed by atoms with Crippen LogP contribution in [0.5, 0.6) is 0 Å². The molecule has 0 spiro atoms. The van der Waals surface area contributed by atoms with E-state index in [1.54, 1.807) is 7.11 Å². The molecule has 0 radical (unpaired) electrons. The van der Waals surface area contributed by atoms with Gasteiger partial charge in [-0.05, 0) is 25.0 Å². The van der Waals surface area contributed by atoms with E-state index in [0.717, 1.165) is 23.1 Å². The van der Waals surface area contributed by atoms with Crippen LogP contribution in [-0.2, 0) is 22.5 Å². The average molecular weight is 375 g/mol. The Bertz CT molecular complexity index is 775. The third kappa shape index (κ3) is 3.78. The molecule has 0 saturated carbocycles. The number of methoxy groups -OCH3 is 1. The summed E-state index contributed by atoms with van der Waals surface area (Å²) < 4.78 is 7.27. The number of amides is 1. The van der Waals surface area contributed by atoms with Gasteiger partial charge in [-0.15, -0.1) is 10.2 Å². The molecule has 1 amide bonds. The number of ether oxygens (including phenoxy) is 1. The van der Waals surface area contributed by atoms with Gasteiger partial charge in [0.05, 0.1) is 12.4 Å². The summed E-state index contributed by atoms with van der Waals surface area (Å²) in [6.07, 6.45) is 0.911. The zero-order chi connectivity index (χ0) is 18.7. The Morgan fingerprint density at radius 2 is 2.12 bits per heavy atom. The molecule has 3 rings (SSSR count). The van der Waals surface area contributed by atoms with Gasteiger partial charge in [-0.1, -0.05) is 43.8 Å². The van der Waals surface area contributed by atoms with Crippen LogP contribution in [0.4, 0.5) is 5.69 Å². The smallest absolute Gasteiger partial charge is 0.237 e. The molecular formula is C19H26N4O2S. The van der Waals surface area contributed by atoms with E-state index in [1.807, 2.05) is 23.1 Å². The third-order valence-electron chi connectivity index (χ3n) is 4.58. The molecule has 2 heterocycles. The lowest BCUT2D eigenvalue weighted by atomic mass is 10.1. The minimum absolute atomic E-state index is 0.111. The molecule has 0 N–H and O–H groups in total. The molecule has 26 heavy (non-hydrogen) atoms. The minimum atomic E-state index is 0.111. The summed E-state index contributed by atoms with van der Waals surface area (Å²) in [5, 5.41) is 9.39. The molecule has 0 fully saturated rings. The lowest BCUT2D eigenvalue weighted by molar-refractivity contribution is -0.116. The average Bonchev–Trinajstić information content (AvgIpc) is 3.17. The molecule has 140 valence electrons. The van der Waals surface area contributed by atoms with E-state index in [2.05, 4.69) is 41.6 Å². The predicted molar refractivity (Wildman–Crippen MR) is 104 cm³/mol. The van der Waals surface area contributed by atoms with E-state index >= 15 is 0 Å². The maximum atomic E-state index is 12.9. The lowest BCUT2D eigenvalue weighted by Gasteiger charge is -2.22. The number of hydrogen-bond acceptors (Lipinski definition) is 5. The standard InChI is InChI=1S/C19H26N4O2S/c1-13(2)18-20-21-19(22(18)9-10-25-4)26-12-17(24)23-14(3)11-15-7-5-6-8-16(15)23/h5-8,13-14H,9-12H2,1-4H3/t14-/m0/s1. The van der Waals surface area contributed by atoms with Crippen LogP contribution < -0.4 is 4.90 Å². The lowest BCUT2D eigenvalue weighted by Crippen LogP contribution is -2.37. The summed E-state index contributed by atoms with van der Waals surface area (Å²) in [6.45, 7) is 7.57. The number of nitrogens with zero attached hydrogens (tertiary/aromatic N) is 4. The van der Waals surface area contributed by atoms with Crippen LogP contribution in [0.3, 0.4) is 0 Å². The van der Waals surface area contributed by atoms with Gasteiger partial charge in [0.15, 0.2) is 5.16 Å². The highest BCUT2D eigenvalue weighted by Gasteiger charge is 2.30. The maximum Gasteiger partial charge on any atom is 0.237 e. The van der Waals surface area contributed by atoms with Crippen LogP contribution in [0.25, 0.3) is 0 Å². The number of carbonyl (C=O) groups excluding carboxylic acids is 1. The van der Waals surface area contributed by atoms with Gasteiger partial charge in [-0.25, -0.2) is 0 Å². The quantitative estimate of drug-likeness (QED) is 0.697. The fraction of sp³-hybridized carbons (Fsp3) is 0.526. The largest absolute Gasteiger partial charge is 0.383 e. The van der Waals surface area contributed by atoms with Gasteiger partial charge in [0.25, 0.3) is 0 Å². The molecule has 1 atom stereocenters. The second-order valence-electron chi connectivity index (χ2n) is 6.87. The van der Waals surface area contributed by atoms with Crippen molar-refractivity contribution in [2.75, 3.05) is 24.4 Å². The zero-order valence-electron chi connectivity index (χ0n) is 15.8. The predicted octanol–water partition coefficient (Wildman–Crippen LogP) is 3.12. The molecule has 0 unspecified atom stereocenters. The molecule has 0 aliphatic carbocycles. The molecule has 1 aromatic carbocycles. The monoisotopic (exact) mass is 374 g/mol. The third-order valence-corrected chi connectivity index (χ3v) is 5.53. The first-order valence-corrected chi connectivity index (χ1v) is 9.96. The summed E-state index contributed by atoms with van der Waals surface area (Å²) in [6, 6.07) is 8.33. The van der Waals surface area contributed by atoms with Crippen molar-refractivity contribution in [1.82, 2.24) is 14.8 Å². The maximum absolute atomic E-state index is 12.9. The Morgan fingerprint density at radius 1 is 1.35 bits per heavy atom. The molecule has 1 aromatic heterocycles. The Morgan fingerprint density at radius 3 is 2.85 bits per heavy atom. The molecule has 0 saturated heterocycles. The van der Waals surface area contributed by atoms with Gasteiger partial charge in [-0.2, -0.15) is 0 Å². The highest BCUT2D eigenvalue weighted by atomic mass is 32.2. The summed E-state index contributed by atoms with van der Waals surface area (Å²) in [5.74, 6) is 1.66. The Labute approximate surface area is 158 Å². The number of carbonyl (C=O) groups is 1.